The molecule has 1 aromatic rings. The van der Waals surface area contributed by atoms with Crippen molar-refractivity contribution >= 4 is 0 Å². The molecule has 1 aliphatic heterocycles. The second-order valence-corrected chi connectivity index (χ2v) is 4.04. The molecule has 0 bridgehead atoms. The number of aromatic nitrogens is 1. The second-order valence-electron chi connectivity index (χ2n) is 4.04. The Balaban J connectivity index is 2.20. The Morgan fingerprint density at radius 3 is 3.00 bits per heavy atom. The van der Waals surface area contributed by atoms with Gasteiger partial charge < -0.3 is 0 Å². The van der Waals surface area contributed by atoms with Crippen LogP contribution < -0.4 is 5.84 Å². The highest BCUT2D eigenvalue weighted by molar-refractivity contribution is 5.15. The summed E-state index contributed by atoms with van der Waals surface area (Å²) < 4.78 is 13.0. The van der Waals surface area contributed by atoms with E-state index in [2.05, 4.69) is 4.98 Å². The monoisotopic (exact) mass is 209 g/mol. The van der Waals surface area contributed by atoms with Gasteiger partial charge in [0.05, 0.1) is 12.2 Å². The van der Waals surface area contributed by atoms with Crippen LogP contribution in [0.5, 0.6) is 0 Å². The van der Waals surface area contributed by atoms with E-state index in [-0.39, 0.29) is 11.9 Å². The third-order valence-electron chi connectivity index (χ3n) is 2.91. The molecule has 2 N–H and O–H groups in total. The molecule has 0 spiro atoms. The number of hydrazine groups is 1. The highest BCUT2D eigenvalue weighted by Crippen LogP contribution is 2.27. The molecule has 0 aliphatic carbocycles. The standard InChI is InChI=1S/C11H16FN3/c12-10-6-9(7-14-8-10)11-4-2-1-3-5-15(11)13/h6-8,11H,1-5,13H2/t11-/m1/s1. The van der Waals surface area contributed by atoms with Gasteiger partial charge in [-0.05, 0) is 24.5 Å². The molecule has 1 saturated heterocycles. The maximum Gasteiger partial charge on any atom is 0.141 e. The average molecular weight is 209 g/mol. The van der Waals surface area contributed by atoms with Gasteiger partial charge in [-0.3, -0.25) is 10.8 Å². The molecule has 1 aliphatic rings. The van der Waals surface area contributed by atoms with Crippen LogP contribution in [-0.2, 0) is 0 Å². The van der Waals surface area contributed by atoms with Crippen LogP contribution in [0.2, 0.25) is 0 Å². The molecule has 1 aromatic heterocycles. The van der Waals surface area contributed by atoms with Crippen molar-refractivity contribution in [3.63, 3.8) is 0 Å². The lowest BCUT2D eigenvalue weighted by atomic mass is 10.0. The SMILES string of the molecule is NN1CCCCC[C@@H]1c1cncc(F)c1. The lowest BCUT2D eigenvalue weighted by Gasteiger charge is -2.25. The largest absolute Gasteiger partial charge is 0.268 e. The molecule has 1 fully saturated rings. The van der Waals surface area contributed by atoms with Crippen LogP contribution in [0.1, 0.15) is 37.3 Å². The van der Waals surface area contributed by atoms with Crippen molar-refractivity contribution in [3.8, 4) is 0 Å². The molecule has 0 aromatic carbocycles. The number of nitrogens with zero attached hydrogens (tertiary/aromatic N) is 2. The fourth-order valence-corrected chi connectivity index (χ4v) is 2.10. The first-order valence-electron chi connectivity index (χ1n) is 5.39. The highest BCUT2D eigenvalue weighted by atomic mass is 19.1. The molecule has 2 rings (SSSR count). The number of hydrogen-bond acceptors (Lipinski definition) is 3. The van der Waals surface area contributed by atoms with E-state index >= 15 is 0 Å². The summed E-state index contributed by atoms with van der Waals surface area (Å²) in [4.78, 5) is 3.87. The molecule has 82 valence electrons. The van der Waals surface area contributed by atoms with Crippen molar-refractivity contribution in [2.45, 2.75) is 31.7 Å². The van der Waals surface area contributed by atoms with Crippen molar-refractivity contribution < 1.29 is 4.39 Å². The summed E-state index contributed by atoms with van der Waals surface area (Å²) in [6.07, 6.45) is 7.39. The summed E-state index contributed by atoms with van der Waals surface area (Å²) in [5.74, 6) is 5.66. The Kier molecular flexibility index (Phi) is 3.28. The number of rotatable bonds is 1. The quantitative estimate of drug-likeness (QED) is 0.719. The van der Waals surface area contributed by atoms with Gasteiger partial charge in [0.2, 0.25) is 0 Å². The van der Waals surface area contributed by atoms with E-state index in [0.29, 0.717) is 0 Å². The van der Waals surface area contributed by atoms with Crippen LogP contribution in [0, 0.1) is 5.82 Å². The molecular formula is C11H16FN3. The van der Waals surface area contributed by atoms with E-state index in [0.717, 1.165) is 31.4 Å². The summed E-state index contributed by atoms with van der Waals surface area (Å²) in [5.41, 5.74) is 0.888. The lowest BCUT2D eigenvalue weighted by Crippen LogP contribution is -2.35. The van der Waals surface area contributed by atoms with Crippen LogP contribution in [0.15, 0.2) is 18.5 Å². The first kappa shape index (κ1) is 10.5. The van der Waals surface area contributed by atoms with E-state index in [1.165, 1.54) is 18.7 Å². The molecule has 0 saturated carbocycles. The van der Waals surface area contributed by atoms with E-state index in [1.807, 2.05) is 5.01 Å². The molecular weight excluding hydrogens is 193 g/mol. The van der Waals surface area contributed by atoms with Crippen LogP contribution in [-0.4, -0.2) is 16.5 Å². The van der Waals surface area contributed by atoms with Gasteiger partial charge >= 0.3 is 0 Å². The molecule has 0 radical (unpaired) electrons. The topological polar surface area (TPSA) is 42.1 Å². The van der Waals surface area contributed by atoms with Gasteiger partial charge in [-0.1, -0.05) is 12.8 Å². The Labute approximate surface area is 89.1 Å². The fraction of sp³-hybridized carbons (Fsp3) is 0.545. The maximum absolute atomic E-state index is 13.0. The van der Waals surface area contributed by atoms with Crippen molar-refractivity contribution in [2.75, 3.05) is 6.54 Å². The van der Waals surface area contributed by atoms with E-state index in [4.69, 9.17) is 5.84 Å². The van der Waals surface area contributed by atoms with Gasteiger partial charge in [-0.25, -0.2) is 9.40 Å². The minimum Gasteiger partial charge on any atom is -0.268 e. The fourth-order valence-electron chi connectivity index (χ4n) is 2.10. The molecule has 0 unspecified atom stereocenters. The van der Waals surface area contributed by atoms with Crippen LogP contribution in [0.3, 0.4) is 0 Å². The van der Waals surface area contributed by atoms with Gasteiger partial charge in [-0.2, -0.15) is 0 Å². The molecule has 3 nitrogen and oxygen atoms in total. The number of hydrogen-bond donors (Lipinski definition) is 1. The van der Waals surface area contributed by atoms with Crippen LogP contribution >= 0.6 is 0 Å². The van der Waals surface area contributed by atoms with E-state index in [1.54, 1.807) is 6.20 Å². The number of pyridine rings is 1. The van der Waals surface area contributed by atoms with Crippen molar-refractivity contribution in [1.29, 1.82) is 0 Å². The predicted octanol–water partition coefficient (Wildman–Crippen LogP) is 2.01. The van der Waals surface area contributed by atoms with Gasteiger partial charge in [-0.15, -0.1) is 0 Å². The normalized spacial score (nSPS) is 23.7. The lowest BCUT2D eigenvalue weighted by molar-refractivity contribution is 0.206. The zero-order valence-corrected chi connectivity index (χ0v) is 8.69. The molecule has 0 amide bonds. The molecule has 1 atom stereocenters. The van der Waals surface area contributed by atoms with Crippen molar-refractivity contribution in [2.24, 2.45) is 5.84 Å². The summed E-state index contributed by atoms with van der Waals surface area (Å²) in [6, 6.07) is 1.65. The first-order valence-corrected chi connectivity index (χ1v) is 5.39. The minimum absolute atomic E-state index is 0.121. The van der Waals surface area contributed by atoms with Gasteiger partial charge in [0, 0.05) is 12.7 Å². The summed E-state index contributed by atoms with van der Waals surface area (Å²) in [7, 11) is 0. The maximum atomic E-state index is 13.0. The van der Waals surface area contributed by atoms with Gasteiger partial charge in [0.25, 0.3) is 0 Å². The smallest absolute Gasteiger partial charge is 0.141 e. The number of nitrogens with two attached hydrogens (primary N) is 1. The summed E-state index contributed by atoms with van der Waals surface area (Å²) >= 11 is 0. The summed E-state index contributed by atoms with van der Waals surface area (Å²) in [5, 5.41) is 1.81. The van der Waals surface area contributed by atoms with E-state index < -0.39 is 0 Å². The first-order chi connectivity index (χ1) is 7.27. The highest BCUT2D eigenvalue weighted by Gasteiger charge is 2.20. The van der Waals surface area contributed by atoms with Crippen molar-refractivity contribution in [3.05, 3.63) is 29.8 Å². The molecule has 2 heterocycles. The Bertz CT molecular complexity index is 329. The Morgan fingerprint density at radius 1 is 1.33 bits per heavy atom. The van der Waals surface area contributed by atoms with E-state index in [9.17, 15) is 4.39 Å². The zero-order valence-electron chi connectivity index (χ0n) is 8.69. The minimum atomic E-state index is -0.287. The van der Waals surface area contributed by atoms with Gasteiger partial charge in [0.1, 0.15) is 5.82 Å². The molecule has 4 heteroatoms. The second kappa shape index (κ2) is 4.68. The zero-order chi connectivity index (χ0) is 10.7. The average Bonchev–Trinajstić information content (AvgIpc) is 2.43. The number of halogens is 1. The Morgan fingerprint density at radius 2 is 2.20 bits per heavy atom. The Hall–Kier alpha value is -1.00. The van der Waals surface area contributed by atoms with Crippen molar-refractivity contribution in [1.82, 2.24) is 9.99 Å². The van der Waals surface area contributed by atoms with Gasteiger partial charge in [0.15, 0.2) is 0 Å². The van der Waals surface area contributed by atoms with Crippen LogP contribution in [0.4, 0.5) is 4.39 Å². The van der Waals surface area contributed by atoms with Crippen LogP contribution in [0.25, 0.3) is 0 Å². The predicted molar refractivity (Wildman–Crippen MR) is 56.3 cm³/mol. The molecule has 15 heavy (non-hydrogen) atoms. The third kappa shape index (κ3) is 2.52. The third-order valence-corrected chi connectivity index (χ3v) is 2.91. The summed E-state index contributed by atoms with van der Waals surface area (Å²) in [6.45, 7) is 0.876.